The number of aliphatic hydroxyl groups is 1. The lowest BCUT2D eigenvalue weighted by Crippen LogP contribution is -2.26. The normalized spacial score (nSPS) is 10.9. The molecule has 0 bridgehead atoms. The van der Waals surface area contributed by atoms with E-state index in [1.165, 1.54) is 5.56 Å². The van der Waals surface area contributed by atoms with Crippen molar-refractivity contribution in [3.8, 4) is 11.1 Å². The molecule has 5 heteroatoms. The number of carbonyl (C=O) groups is 1. The van der Waals surface area contributed by atoms with Crippen LogP contribution in [0.2, 0.25) is 0 Å². The van der Waals surface area contributed by atoms with Crippen LogP contribution in [0.4, 0.5) is 0 Å². The number of amides is 1. The van der Waals surface area contributed by atoms with Gasteiger partial charge in [0.25, 0.3) is 5.91 Å². The Kier molecular flexibility index (Phi) is 5.17. The summed E-state index contributed by atoms with van der Waals surface area (Å²) in [6.45, 7) is 0.870. The number of carbonyl (C=O) groups excluding carboxylic acids is 1. The number of hydrogen-bond donors (Lipinski definition) is 2. The molecule has 1 amide bonds. The van der Waals surface area contributed by atoms with Gasteiger partial charge in [0.15, 0.2) is 0 Å². The van der Waals surface area contributed by atoms with Crippen molar-refractivity contribution in [3.05, 3.63) is 90.1 Å². The van der Waals surface area contributed by atoms with Gasteiger partial charge in [-0.15, -0.1) is 0 Å². The Morgan fingerprint density at radius 2 is 1.82 bits per heavy atom. The molecular formula is C23H21N3O2. The Labute approximate surface area is 163 Å². The summed E-state index contributed by atoms with van der Waals surface area (Å²) in [6.07, 6.45) is 2.05. The number of rotatable bonds is 6. The summed E-state index contributed by atoms with van der Waals surface area (Å²) in [7, 11) is 0. The minimum absolute atomic E-state index is 0.0780. The molecule has 0 fully saturated rings. The maximum absolute atomic E-state index is 12.2. The first kappa shape index (κ1) is 17.9. The molecule has 4 aromatic rings. The molecule has 0 radical (unpaired) electrons. The van der Waals surface area contributed by atoms with Crippen molar-refractivity contribution in [2.24, 2.45) is 0 Å². The zero-order chi connectivity index (χ0) is 19.3. The summed E-state index contributed by atoms with van der Waals surface area (Å²) in [6, 6.07) is 23.8. The van der Waals surface area contributed by atoms with Gasteiger partial charge in [0.05, 0.1) is 18.7 Å². The van der Waals surface area contributed by atoms with E-state index in [0.29, 0.717) is 12.1 Å². The van der Waals surface area contributed by atoms with Gasteiger partial charge in [0, 0.05) is 23.7 Å². The number of aliphatic hydroxyl groups excluding tert-OH is 1. The van der Waals surface area contributed by atoms with Crippen molar-refractivity contribution in [2.45, 2.75) is 6.54 Å². The molecule has 3 aromatic carbocycles. The van der Waals surface area contributed by atoms with E-state index in [4.69, 9.17) is 10.2 Å². The number of nitrogens with one attached hydrogen (secondary N) is 1. The maximum Gasteiger partial charge on any atom is 0.251 e. The molecule has 0 aliphatic carbocycles. The van der Waals surface area contributed by atoms with E-state index in [1.807, 2.05) is 59.3 Å². The minimum Gasteiger partial charge on any atom is -0.395 e. The van der Waals surface area contributed by atoms with E-state index in [2.05, 4.69) is 23.6 Å². The molecule has 0 aliphatic heterocycles. The third-order valence-electron chi connectivity index (χ3n) is 4.62. The molecule has 2 N–H and O–H groups in total. The minimum atomic E-state index is -0.192. The molecule has 0 unspecified atom stereocenters. The lowest BCUT2D eigenvalue weighted by Gasteiger charge is -2.07. The molecule has 28 heavy (non-hydrogen) atoms. The fourth-order valence-corrected chi connectivity index (χ4v) is 3.29. The molecule has 1 aromatic heterocycles. The van der Waals surface area contributed by atoms with Gasteiger partial charge in [-0.05, 0) is 34.9 Å². The van der Waals surface area contributed by atoms with Gasteiger partial charge in [-0.2, -0.15) is 5.10 Å². The van der Waals surface area contributed by atoms with Crippen LogP contribution in [0.5, 0.6) is 0 Å². The van der Waals surface area contributed by atoms with Crippen molar-refractivity contribution in [1.29, 1.82) is 0 Å². The standard InChI is InChI=1S/C23H21N3O2/c27-13-12-24-23(28)19-9-4-8-18(14-19)20-10-5-11-22-21(20)16-26(25-22)15-17-6-2-1-3-7-17/h1-11,14,16,27H,12-13,15H2,(H,24,28). The Balaban J connectivity index is 1.68. The van der Waals surface area contributed by atoms with E-state index >= 15 is 0 Å². The smallest absolute Gasteiger partial charge is 0.251 e. The van der Waals surface area contributed by atoms with Gasteiger partial charge in [0.1, 0.15) is 0 Å². The molecule has 0 saturated carbocycles. The van der Waals surface area contributed by atoms with Crippen LogP contribution >= 0.6 is 0 Å². The SMILES string of the molecule is O=C(NCCO)c1cccc(-c2cccc3nn(Cc4ccccc4)cc23)c1. The van der Waals surface area contributed by atoms with Crippen molar-refractivity contribution >= 4 is 16.8 Å². The van der Waals surface area contributed by atoms with Crippen LogP contribution in [0.15, 0.2) is 79.0 Å². The number of nitrogens with zero attached hydrogens (tertiary/aromatic N) is 2. The van der Waals surface area contributed by atoms with Gasteiger partial charge in [-0.1, -0.05) is 54.6 Å². The van der Waals surface area contributed by atoms with Gasteiger partial charge < -0.3 is 10.4 Å². The Hall–Kier alpha value is -3.44. The lowest BCUT2D eigenvalue weighted by atomic mass is 10.00. The summed E-state index contributed by atoms with van der Waals surface area (Å²) in [5.74, 6) is -0.192. The molecular weight excluding hydrogens is 350 g/mol. The second-order valence-electron chi connectivity index (χ2n) is 6.61. The van der Waals surface area contributed by atoms with E-state index in [0.717, 1.165) is 22.0 Å². The second kappa shape index (κ2) is 8.06. The molecule has 1 heterocycles. The van der Waals surface area contributed by atoms with Crippen LogP contribution < -0.4 is 5.32 Å². The van der Waals surface area contributed by atoms with Gasteiger partial charge in [0.2, 0.25) is 0 Å². The van der Waals surface area contributed by atoms with Crippen molar-refractivity contribution in [3.63, 3.8) is 0 Å². The predicted molar refractivity (Wildman–Crippen MR) is 110 cm³/mol. The number of benzene rings is 3. The zero-order valence-electron chi connectivity index (χ0n) is 15.4. The molecule has 140 valence electrons. The predicted octanol–water partition coefficient (Wildman–Crippen LogP) is 3.47. The molecule has 5 nitrogen and oxygen atoms in total. The van der Waals surface area contributed by atoms with Crippen LogP contribution in [0, 0.1) is 0 Å². The molecule has 0 saturated heterocycles. The highest BCUT2D eigenvalue weighted by molar-refractivity contribution is 5.98. The summed E-state index contributed by atoms with van der Waals surface area (Å²) in [5.41, 5.74) is 4.68. The second-order valence-corrected chi connectivity index (χ2v) is 6.61. The highest BCUT2D eigenvalue weighted by Gasteiger charge is 2.11. The summed E-state index contributed by atoms with van der Waals surface area (Å²) >= 11 is 0. The van der Waals surface area contributed by atoms with Gasteiger partial charge in [-0.3, -0.25) is 9.48 Å². The average molecular weight is 371 g/mol. The zero-order valence-corrected chi connectivity index (χ0v) is 15.4. The third kappa shape index (κ3) is 3.80. The topological polar surface area (TPSA) is 67.2 Å². The summed E-state index contributed by atoms with van der Waals surface area (Å²) < 4.78 is 1.95. The fourth-order valence-electron chi connectivity index (χ4n) is 3.29. The summed E-state index contributed by atoms with van der Waals surface area (Å²) in [5, 5.41) is 17.3. The van der Waals surface area contributed by atoms with E-state index in [9.17, 15) is 4.79 Å². The quantitative estimate of drug-likeness (QED) is 0.545. The van der Waals surface area contributed by atoms with Crippen LogP contribution in [0.3, 0.4) is 0 Å². The summed E-state index contributed by atoms with van der Waals surface area (Å²) in [4.78, 5) is 12.2. The van der Waals surface area contributed by atoms with Crippen LogP contribution in [0.1, 0.15) is 15.9 Å². The van der Waals surface area contributed by atoms with Gasteiger partial charge >= 0.3 is 0 Å². The molecule has 0 spiro atoms. The monoisotopic (exact) mass is 371 g/mol. The van der Waals surface area contributed by atoms with Crippen molar-refractivity contribution in [1.82, 2.24) is 15.1 Å². The largest absolute Gasteiger partial charge is 0.395 e. The first-order chi connectivity index (χ1) is 13.7. The number of aromatic nitrogens is 2. The highest BCUT2D eigenvalue weighted by atomic mass is 16.3. The Morgan fingerprint density at radius 3 is 2.64 bits per heavy atom. The first-order valence-electron chi connectivity index (χ1n) is 9.24. The fraction of sp³-hybridized carbons (Fsp3) is 0.130. The van der Waals surface area contributed by atoms with Gasteiger partial charge in [-0.25, -0.2) is 0 Å². The van der Waals surface area contributed by atoms with E-state index in [1.54, 1.807) is 6.07 Å². The Bertz CT molecular complexity index is 1100. The number of hydrogen-bond acceptors (Lipinski definition) is 3. The molecule has 0 aliphatic rings. The van der Waals surface area contributed by atoms with Crippen LogP contribution in [-0.2, 0) is 6.54 Å². The molecule has 4 rings (SSSR count). The lowest BCUT2D eigenvalue weighted by molar-refractivity contribution is 0.0945. The van der Waals surface area contributed by atoms with E-state index in [-0.39, 0.29) is 19.1 Å². The first-order valence-corrected chi connectivity index (χ1v) is 9.24. The van der Waals surface area contributed by atoms with Crippen LogP contribution in [-0.4, -0.2) is 33.9 Å². The maximum atomic E-state index is 12.2. The highest BCUT2D eigenvalue weighted by Crippen LogP contribution is 2.29. The third-order valence-corrected chi connectivity index (χ3v) is 4.62. The van der Waals surface area contributed by atoms with Crippen LogP contribution in [0.25, 0.3) is 22.0 Å². The van der Waals surface area contributed by atoms with Crippen molar-refractivity contribution < 1.29 is 9.90 Å². The van der Waals surface area contributed by atoms with E-state index < -0.39 is 0 Å². The Morgan fingerprint density at radius 1 is 1.00 bits per heavy atom. The average Bonchev–Trinajstić information content (AvgIpc) is 3.15. The van der Waals surface area contributed by atoms with Crippen molar-refractivity contribution in [2.75, 3.05) is 13.2 Å². The number of fused-ring (bicyclic) bond motifs is 1. The molecule has 0 atom stereocenters.